The zero-order chi connectivity index (χ0) is 30.0. The highest BCUT2D eigenvalue weighted by molar-refractivity contribution is 5.99. The highest BCUT2D eigenvalue weighted by atomic mass is 19.4. The van der Waals surface area contributed by atoms with Crippen LogP contribution in [0.4, 0.5) is 13.2 Å². The van der Waals surface area contributed by atoms with E-state index in [1.807, 2.05) is 52.0 Å². The SMILES string of the molecule is COCC[C@@H]([C@@H]1C[C@H]1C(=O)N[C@H]1CC(C)(C)Oc2ccccc21)N1C(=N)NC(C)(C)CC1=O.O=C(O)C(F)(F)F. The topological polar surface area (TPSA) is 141 Å². The number of hydrogen-bond acceptors (Lipinski definition) is 6. The molecular formula is C27H37F3N4O6. The van der Waals surface area contributed by atoms with Gasteiger partial charge < -0.3 is 25.2 Å². The van der Waals surface area contributed by atoms with Gasteiger partial charge in [-0.2, -0.15) is 13.2 Å². The third kappa shape index (κ3) is 7.64. The van der Waals surface area contributed by atoms with Gasteiger partial charge in [-0.15, -0.1) is 0 Å². The molecule has 2 aliphatic heterocycles. The second-order valence-electron chi connectivity index (χ2n) is 11.6. The molecule has 3 aliphatic rings. The molecule has 40 heavy (non-hydrogen) atoms. The summed E-state index contributed by atoms with van der Waals surface area (Å²) < 4.78 is 43.1. The Morgan fingerprint density at radius 3 is 2.48 bits per heavy atom. The number of carboxylic acid groups (broad SMARTS) is 1. The summed E-state index contributed by atoms with van der Waals surface area (Å²) in [5, 5.41) is 22.0. The fourth-order valence-electron chi connectivity index (χ4n) is 5.29. The van der Waals surface area contributed by atoms with Gasteiger partial charge in [0.25, 0.3) is 0 Å². The lowest BCUT2D eigenvalue weighted by Gasteiger charge is -2.42. The Bertz CT molecular complexity index is 1120. The van der Waals surface area contributed by atoms with E-state index < -0.39 is 17.7 Å². The predicted octanol–water partition coefficient (Wildman–Crippen LogP) is 3.61. The van der Waals surface area contributed by atoms with Gasteiger partial charge in [-0.3, -0.25) is 19.9 Å². The molecule has 1 aliphatic carbocycles. The molecule has 4 rings (SSSR count). The molecule has 4 N–H and O–H groups in total. The molecule has 13 heteroatoms. The first-order chi connectivity index (χ1) is 18.5. The fraction of sp³-hybridized carbons (Fsp3) is 0.630. The molecule has 0 aromatic heterocycles. The Balaban J connectivity index is 0.000000559. The van der Waals surface area contributed by atoms with Crippen molar-refractivity contribution < 1.29 is 42.1 Å². The first-order valence-electron chi connectivity index (χ1n) is 13.0. The van der Waals surface area contributed by atoms with Crippen molar-refractivity contribution in [3.8, 4) is 5.75 Å². The Morgan fingerprint density at radius 1 is 1.27 bits per heavy atom. The number of amides is 2. The zero-order valence-corrected chi connectivity index (χ0v) is 23.2. The van der Waals surface area contributed by atoms with Crippen LogP contribution >= 0.6 is 0 Å². The normalized spacial score (nSPS) is 25.3. The van der Waals surface area contributed by atoms with Gasteiger partial charge in [-0.1, -0.05) is 18.2 Å². The van der Waals surface area contributed by atoms with E-state index in [1.54, 1.807) is 12.0 Å². The third-order valence-electron chi connectivity index (χ3n) is 7.12. The monoisotopic (exact) mass is 570 g/mol. The minimum Gasteiger partial charge on any atom is -0.487 e. The van der Waals surface area contributed by atoms with Crippen LogP contribution in [0, 0.1) is 17.2 Å². The number of methoxy groups -OCH3 is 1. The number of carbonyl (C=O) groups excluding carboxylic acids is 2. The van der Waals surface area contributed by atoms with E-state index in [2.05, 4.69) is 10.6 Å². The lowest BCUT2D eigenvalue weighted by Crippen LogP contribution is -2.63. The molecule has 222 valence electrons. The number of ether oxygens (including phenoxy) is 2. The number of para-hydroxylation sites is 1. The Morgan fingerprint density at radius 2 is 1.90 bits per heavy atom. The number of fused-ring (bicyclic) bond motifs is 1. The van der Waals surface area contributed by atoms with Gasteiger partial charge in [0.15, 0.2) is 5.96 Å². The summed E-state index contributed by atoms with van der Waals surface area (Å²) in [4.78, 5) is 36.7. The van der Waals surface area contributed by atoms with Crippen LogP contribution in [0.5, 0.6) is 5.75 Å². The molecule has 2 heterocycles. The van der Waals surface area contributed by atoms with Gasteiger partial charge in [0.2, 0.25) is 11.8 Å². The minimum atomic E-state index is -5.08. The van der Waals surface area contributed by atoms with E-state index in [9.17, 15) is 22.8 Å². The molecule has 10 nitrogen and oxygen atoms in total. The Labute approximate surface area is 231 Å². The molecule has 0 spiro atoms. The van der Waals surface area contributed by atoms with Crippen LogP contribution in [0.25, 0.3) is 0 Å². The summed E-state index contributed by atoms with van der Waals surface area (Å²) in [5.41, 5.74) is 0.182. The number of nitrogens with zero attached hydrogens (tertiary/aromatic N) is 1. The number of alkyl halides is 3. The van der Waals surface area contributed by atoms with E-state index in [0.717, 1.165) is 11.3 Å². The predicted molar refractivity (Wildman–Crippen MR) is 139 cm³/mol. The van der Waals surface area contributed by atoms with Gasteiger partial charge in [0.05, 0.1) is 6.04 Å². The minimum absolute atomic E-state index is 0.00389. The highest BCUT2D eigenvalue weighted by Crippen LogP contribution is 2.46. The van der Waals surface area contributed by atoms with Gasteiger partial charge in [0, 0.05) is 49.6 Å². The van der Waals surface area contributed by atoms with Crippen LogP contribution in [0.15, 0.2) is 24.3 Å². The zero-order valence-electron chi connectivity index (χ0n) is 23.2. The number of halogens is 3. The summed E-state index contributed by atoms with van der Waals surface area (Å²) in [7, 11) is 1.63. The molecule has 0 unspecified atom stereocenters. The van der Waals surface area contributed by atoms with Gasteiger partial charge in [0.1, 0.15) is 11.4 Å². The maximum Gasteiger partial charge on any atom is 0.490 e. The quantitative estimate of drug-likeness (QED) is 0.393. The number of guanidine groups is 1. The van der Waals surface area contributed by atoms with Crippen molar-refractivity contribution >= 4 is 23.7 Å². The number of carbonyl (C=O) groups is 3. The summed E-state index contributed by atoms with van der Waals surface area (Å²) in [5.74, 6) is -2.07. The van der Waals surface area contributed by atoms with E-state index >= 15 is 0 Å². The van der Waals surface area contributed by atoms with Crippen LogP contribution in [-0.2, 0) is 19.1 Å². The highest BCUT2D eigenvalue weighted by Gasteiger charge is 2.53. The van der Waals surface area contributed by atoms with E-state index in [-0.39, 0.29) is 47.3 Å². The van der Waals surface area contributed by atoms with E-state index in [4.69, 9.17) is 24.8 Å². The van der Waals surface area contributed by atoms with Crippen molar-refractivity contribution in [2.45, 2.75) is 82.8 Å². The van der Waals surface area contributed by atoms with Gasteiger partial charge >= 0.3 is 12.1 Å². The largest absolute Gasteiger partial charge is 0.490 e. The second-order valence-corrected chi connectivity index (χ2v) is 11.6. The Hall–Kier alpha value is -3.35. The number of rotatable bonds is 7. The van der Waals surface area contributed by atoms with E-state index in [1.165, 1.54) is 0 Å². The third-order valence-corrected chi connectivity index (χ3v) is 7.12. The molecule has 0 bridgehead atoms. The summed E-state index contributed by atoms with van der Waals surface area (Å²) in [6, 6.07) is 7.50. The van der Waals surface area contributed by atoms with E-state index in [0.29, 0.717) is 32.3 Å². The maximum atomic E-state index is 13.3. The van der Waals surface area contributed by atoms with Crippen LogP contribution in [0.1, 0.15) is 65.0 Å². The van der Waals surface area contributed by atoms with Crippen molar-refractivity contribution in [2.24, 2.45) is 11.8 Å². The summed E-state index contributed by atoms with van der Waals surface area (Å²) in [6.07, 6.45) is -2.78. The van der Waals surface area contributed by atoms with Gasteiger partial charge in [-0.05, 0) is 52.5 Å². The molecule has 0 radical (unpaired) electrons. The van der Waals surface area contributed by atoms with Crippen molar-refractivity contribution in [1.29, 1.82) is 5.41 Å². The molecule has 2 amide bonds. The smallest absolute Gasteiger partial charge is 0.487 e. The summed E-state index contributed by atoms with van der Waals surface area (Å²) >= 11 is 0. The van der Waals surface area contributed by atoms with Crippen LogP contribution in [-0.4, -0.2) is 70.8 Å². The number of carboxylic acids is 1. The molecule has 4 atom stereocenters. The number of hydrogen-bond donors (Lipinski definition) is 4. The molecular weight excluding hydrogens is 533 g/mol. The maximum absolute atomic E-state index is 13.3. The van der Waals surface area contributed by atoms with Crippen molar-refractivity contribution in [2.75, 3.05) is 13.7 Å². The molecule has 1 aromatic carbocycles. The van der Waals surface area contributed by atoms with Gasteiger partial charge in [-0.25, -0.2) is 4.79 Å². The first-order valence-corrected chi connectivity index (χ1v) is 13.0. The van der Waals surface area contributed by atoms with Crippen LogP contribution in [0.2, 0.25) is 0 Å². The standard InChI is InChI=1S/C25H36N4O4.C2HF3O2/c1-24(2)14-21(30)29(23(26)28-24)19(10-11-32-5)16-12-17(16)22(31)27-18-13-25(3,4)33-20-9-7-6-8-15(18)20;3-2(4,5)1(6)7/h6-9,16-19H,10-14H2,1-5H3,(H2,26,28)(H,27,31);(H,6,7)/t16-,17-,18+,19+;/m1./s1. The van der Waals surface area contributed by atoms with Crippen molar-refractivity contribution in [1.82, 2.24) is 15.5 Å². The van der Waals surface area contributed by atoms with Crippen LogP contribution in [0.3, 0.4) is 0 Å². The summed E-state index contributed by atoms with van der Waals surface area (Å²) in [6.45, 7) is 8.37. The second kappa shape index (κ2) is 11.6. The average molecular weight is 571 g/mol. The lowest BCUT2D eigenvalue weighted by atomic mass is 9.89. The molecule has 1 saturated heterocycles. The number of benzene rings is 1. The molecule has 1 saturated carbocycles. The van der Waals surface area contributed by atoms with Crippen molar-refractivity contribution in [3.63, 3.8) is 0 Å². The van der Waals surface area contributed by atoms with Crippen LogP contribution < -0.4 is 15.4 Å². The number of aliphatic carboxylic acids is 1. The molecule has 1 aromatic rings. The number of nitrogens with one attached hydrogen (secondary N) is 3. The van der Waals surface area contributed by atoms with Crippen molar-refractivity contribution in [3.05, 3.63) is 29.8 Å². The molecule has 2 fully saturated rings. The average Bonchev–Trinajstić information content (AvgIpc) is 3.60. The lowest BCUT2D eigenvalue weighted by molar-refractivity contribution is -0.192. The first kappa shape index (κ1) is 31.2. The Kier molecular flexibility index (Phi) is 9.07. The fourth-order valence-corrected chi connectivity index (χ4v) is 5.29.